The van der Waals surface area contributed by atoms with Crippen LogP contribution >= 0.6 is 0 Å². The van der Waals surface area contributed by atoms with Crippen molar-refractivity contribution in [3.63, 3.8) is 0 Å². The van der Waals surface area contributed by atoms with Crippen molar-refractivity contribution >= 4 is 15.7 Å². The fraction of sp³-hybridized carbons (Fsp3) is 0.286. The lowest BCUT2D eigenvalue weighted by Crippen LogP contribution is -2.36. The number of nitrogens with zero attached hydrogens (tertiary/aromatic N) is 2. The first-order chi connectivity index (χ1) is 7.07. The third-order valence-electron chi connectivity index (χ3n) is 1.88. The Kier molecular flexibility index (Phi) is 2.27. The zero-order chi connectivity index (χ0) is 10.9. The predicted molar refractivity (Wildman–Crippen MR) is 50.6 cm³/mol. The van der Waals surface area contributed by atoms with Crippen molar-refractivity contribution in [3.8, 4) is 0 Å². The van der Waals surface area contributed by atoms with Gasteiger partial charge in [-0.1, -0.05) is 0 Å². The van der Waals surface area contributed by atoms with Gasteiger partial charge in [0.15, 0.2) is 9.84 Å². The molecule has 1 aliphatic heterocycles. The Hall–Kier alpha value is -1.70. The molecule has 1 amide bonds. The lowest BCUT2D eigenvalue weighted by Gasteiger charge is -2.07. The summed E-state index contributed by atoms with van der Waals surface area (Å²) in [5.74, 6) is -0.515. The molecular weight excluding hydrogens is 220 g/mol. The molecule has 0 bridgehead atoms. The summed E-state index contributed by atoms with van der Waals surface area (Å²) in [6.07, 6.45) is 2.64. The average Bonchev–Trinajstić information content (AvgIpc) is 2.74. The molecule has 80 valence electrons. The van der Waals surface area contributed by atoms with Crippen LogP contribution in [0.4, 0.5) is 0 Å². The summed E-state index contributed by atoms with van der Waals surface area (Å²) in [6, 6.07) is -0.493. The highest BCUT2D eigenvalue weighted by Gasteiger charge is 2.24. The van der Waals surface area contributed by atoms with Crippen molar-refractivity contribution in [2.24, 2.45) is 0 Å². The molecular formula is C7H8N4O3S. The maximum absolute atomic E-state index is 11.4. The maximum Gasteiger partial charge on any atom is 0.289 e. The van der Waals surface area contributed by atoms with Gasteiger partial charge in [0.2, 0.25) is 5.82 Å². The van der Waals surface area contributed by atoms with Crippen molar-refractivity contribution in [2.75, 3.05) is 5.75 Å². The third-order valence-corrected chi connectivity index (χ3v) is 3.27. The number of carbonyl (C=O) groups is 1. The van der Waals surface area contributed by atoms with E-state index in [-0.39, 0.29) is 11.6 Å². The molecule has 0 spiro atoms. The van der Waals surface area contributed by atoms with Gasteiger partial charge in [0.25, 0.3) is 5.91 Å². The number of H-pyrrole nitrogens is 1. The first kappa shape index (κ1) is 9.84. The number of amides is 1. The number of rotatable bonds is 2. The molecule has 1 aromatic heterocycles. The highest BCUT2D eigenvalue weighted by molar-refractivity contribution is 7.94. The van der Waals surface area contributed by atoms with Crippen LogP contribution in [0.2, 0.25) is 0 Å². The number of sulfone groups is 1. The van der Waals surface area contributed by atoms with E-state index >= 15 is 0 Å². The van der Waals surface area contributed by atoms with Crippen molar-refractivity contribution in [1.82, 2.24) is 20.5 Å². The van der Waals surface area contributed by atoms with Crippen LogP contribution in [-0.4, -0.2) is 41.3 Å². The Balaban J connectivity index is 2.01. The second-order valence-electron chi connectivity index (χ2n) is 3.07. The van der Waals surface area contributed by atoms with E-state index in [4.69, 9.17) is 0 Å². The van der Waals surface area contributed by atoms with Gasteiger partial charge >= 0.3 is 0 Å². The Labute approximate surface area is 85.5 Å². The van der Waals surface area contributed by atoms with Gasteiger partial charge in [-0.2, -0.15) is 5.10 Å². The van der Waals surface area contributed by atoms with E-state index in [1.807, 2.05) is 0 Å². The standard InChI is InChI=1S/C7H8N4O3S/c12-7(6-8-4-9-11-6)10-5-1-2-15(13,14)3-5/h1-2,4-5H,3H2,(H,10,12)(H,8,9,11). The molecule has 1 aromatic rings. The van der Waals surface area contributed by atoms with Crippen LogP contribution < -0.4 is 5.32 Å². The summed E-state index contributed by atoms with van der Waals surface area (Å²) in [7, 11) is -3.15. The first-order valence-electron chi connectivity index (χ1n) is 4.14. The van der Waals surface area contributed by atoms with Gasteiger partial charge in [0.05, 0.1) is 11.8 Å². The lowest BCUT2D eigenvalue weighted by atomic mass is 10.3. The average molecular weight is 228 g/mol. The first-order valence-corrected chi connectivity index (χ1v) is 5.85. The fourth-order valence-corrected chi connectivity index (χ4v) is 2.45. The van der Waals surface area contributed by atoms with Gasteiger partial charge in [0, 0.05) is 5.41 Å². The molecule has 1 aliphatic rings. The molecule has 1 atom stereocenters. The Morgan fingerprint density at radius 3 is 2.93 bits per heavy atom. The van der Waals surface area contributed by atoms with E-state index in [0.29, 0.717) is 0 Å². The lowest BCUT2D eigenvalue weighted by molar-refractivity contribution is 0.0937. The van der Waals surface area contributed by atoms with Crippen molar-refractivity contribution in [2.45, 2.75) is 6.04 Å². The van der Waals surface area contributed by atoms with Crippen LogP contribution in [0.15, 0.2) is 17.8 Å². The Bertz CT molecular complexity index is 490. The highest BCUT2D eigenvalue weighted by atomic mass is 32.2. The monoisotopic (exact) mass is 228 g/mol. The Morgan fingerprint density at radius 2 is 2.40 bits per heavy atom. The van der Waals surface area contributed by atoms with E-state index in [0.717, 1.165) is 5.41 Å². The van der Waals surface area contributed by atoms with Crippen LogP contribution in [0.1, 0.15) is 10.6 Å². The molecule has 0 saturated heterocycles. The number of nitrogens with one attached hydrogen (secondary N) is 2. The van der Waals surface area contributed by atoms with E-state index < -0.39 is 21.8 Å². The van der Waals surface area contributed by atoms with E-state index in [2.05, 4.69) is 20.5 Å². The van der Waals surface area contributed by atoms with Gasteiger partial charge in [-0.15, -0.1) is 0 Å². The van der Waals surface area contributed by atoms with Crippen LogP contribution in [0.25, 0.3) is 0 Å². The summed E-state index contributed by atoms with van der Waals surface area (Å²) in [6.45, 7) is 0. The summed E-state index contributed by atoms with van der Waals surface area (Å²) in [5.41, 5.74) is 0. The SMILES string of the molecule is O=C(NC1C=CS(=O)(=O)C1)c1ncn[nH]1. The molecule has 0 radical (unpaired) electrons. The molecule has 2 heterocycles. The zero-order valence-corrected chi connectivity index (χ0v) is 8.36. The molecule has 15 heavy (non-hydrogen) atoms. The van der Waals surface area contributed by atoms with Gasteiger partial charge in [0.1, 0.15) is 6.33 Å². The molecule has 0 aromatic carbocycles. The molecule has 1 unspecified atom stereocenters. The molecule has 8 heteroatoms. The Morgan fingerprint density at radius 1 is 1.60 bits per heavy atom. The zero-order valence-electron chi connectivity index (χ0n) is 7.54. The number of carbonyl (C=O) groups excluding carboxylic acids is 1. The van der Waals surface area contributed by atoms with E-state index in [1.165, 1.54) is 12.4 Å². The topological polar surface area (TPSA) is 105 Å². The molecule has 2 N–H and O–H groups in total. The van der Waals surface area contributed by atoms with Crippen LogP contribution in [0, 0.1) is 0 Å². The highest BCUT2D eigenvalue weighted by Crippen LogP contribution is 2.07. The summed E-state index contributed by atoms with van der Waals surface area (Å²) < 4.78 is 22.1. The summed E-state index contributed by atoms with van der Waals surface area (Å²) >= 11 is 0. The predicted octanol–water partition coefficient (Wildman–Crippen LogP) is -1.15. The van der Waals surface area contributed by atoms with E-state index in [9.17, 15) is 13.2 Å². The van der Waals surface area contributed by atoms with Crippen molar-refractivity contribution in [1.29, 1.82) is 0 Å². The summed E-state index contributed by atoms with van der Waals surface area (Å²) in [4.78, 5) is 15.0. The molecule has 2 rings (SSSR count). The second kappa shape index (κ2) is 3.46. The van der Waals surface area contributed by atoms with E-state index in [1.54, 1.807) is 0 Å². The minimum absolute atomic E-state index is 0.0627. The van der Waals surface area contributed by atoms with Crippen LogP contribution in [-0.2, 0) is 9.84 Å². The van der Waals surface area contributed by atoms with Gasteiger partial charge in [-0.05, 0) is 6.08 Å². The molecule has 7 nitrogen and oxygen atoms in total. The minimum Gasteiger partial charge on any atom is -0.342 e. The van der Waals surface area contributed by atoms with Gasteiger partial charge in [-0.3, -0.25) is 9.89 Å². The number of hydrogen-bond donors (Lipinski definition) is 2. The normalized spacial score (nSPS) is 22.8. The van der Waals surface area contributed by atoms with Crippen molar-refractivity contribution in [3.05, 3.63) is 23.6 Å². The maximum atomic E-state index is 11.4. The summed E-state index contributed by atoms with van der Waals surface area (Å²) in [5, 5.41) is 9.49. The molecule has 0 aliphatic carbocycles. The van der Waals surface area contributed by atoms with Crippen LogP contribution in [0.5, 0.6) is 0 Å². The largest absolute Gasteiger partial charge is 0.342 e. The van der Waals surface area contributed by atoms with Gasteiger partial charge < -0.3 is 5.32 Å². The smallest absolute Gasteiger partial charge is 0.289 e. The minimum atomic E-state index is -3.15. The number of hydrogen-bond acceptors (Lipinski definition) is 5. The number of aromatic nitrogens is 3. The second-order valence-corrected chi connectivity index (χ2v) is 5.00. The third kappa shape index (κ3) is 2.21. The van der Waals surface area contributed by atoms with Crippen LogP contribution in [0.3, 0.4) is 0 Å². The molecule has 0 saturated carbocycles. The number of aromatic amines is 1. The molecule has 0 fully saturated rings. The quantitative estimate of drug-likeness (QED) is 0.664. The van der Waals surface area contributed by atoms with Crippen molar-refractivity contribution < 1.29 is 13.2 Å². The van der Waals surface area contributed by atoms with Gasteiger partial charge in [-0.25, -0.2) is 13.4 Å². The fourth-order valence-electron chi connectivity index (χ4n) is 1.22.